The maximum Gasteiger partial charge on any atom is 0.344 e. The van der Waals surface area contributed by atoms with Crippen LogP contribution in [0.15, 0.2) is 42.6 Å². The Morgan fingerprint density at radius 2 is 2.04 bits per heavy atom. The van der Waals surface area contributed by atoms with E-state index in [9.17, 15) is 9.59 Å². The summed E-state index contributed by atoms with van der Waals surface area (Å²) >= 11 is 11.7. The van der Waals surface area contributed by atoms with Crippen LogP contribution in [0, 0.1) is 0 Å². The number of hydrogen-bond acceptors (Lipinski definition) is 5. The van der Waals surface area contributed by atoms with Gasteiger partial charge in [0.2, 0.25) is 0 Å². The van der Waals surface area contributed by atoms with Crippen LogP contribution in [0.1, 0.15) is 6.92 Å². The number of carbonyl (C=O) groups excluding carboxylic acids is 2. The van der Waals surface area contributed by atoms with Crippen molar-refractivity contribution in [3.05, 3.63) is 52.8 Å². The van der Waals surface area contributed by atoms with Crippen LogP contribution >= 0.6 is 23.2 Å². The highest BCUT2D eigenvalue weighted by molar-refractivity contribution is 6.32. The molecule has 0 saturated heterocycles. The summed E-state index contributed by atoms with van der Waals surface area (Å²) in [6.45, 7) is 1.10. The summed E-state index contributed by atoms with van der Waals surface area (Å²) < 4.78 is 10.2. The number of rotatable bonds is 6. The molecule has 0 bridgehead atoms. The predicted octanol–water partition coefficient (Wildman–Crippen LogP) is 3.34. The summed E-state index contributed by atoms with van der Waals surface area (Å²) in [6.07, 6.45) is 0.478. The smallest absolute Gasteiger partial charge is 0.344 e. The molecule has 0 aliphatic rings. The highest BCUT2D eigenvalue weighted by atomic mass is 35.5. The molecule has 2 rings (SSSR count). The standard InChI is InChI=1S/C16H14Cl2N2O4/c1-10(16(22)20-13-6-3-7-19-15(13)18)24-14(21)9-23-12-5-2-4-11(17)8-12/h2-8,10H,9H2,1H3,(H,20,22)/t10-/m1/s1. The number of esters is 1. The maximum absolute atomic E-state index is 12.0. The van der Waals surface area contributed by atoms with Gasteiger partial charge in [0.05, 0.1) is 5.69 Å². The lowest BCUT2D eigenvalue weighted by Gasteiger charge is -2.14. The first kappa shape index (κ1) is 18.0. The predicted molar refractivity (Wildman–Crippen MR) is 90.4 cm³/mol. The van der Waals surface area contributed by atoms with E-state index in [1.807, 2.05) is 0 Å². The first-order valence-corrected chi connectivity index (χ1v) is 7.70. The Morgan fingerprint density at radius 1 is 1.25 bits per heavy atom. The van der Waals surface area contributed by atoms with Gasteiger partial charge in [-0.25, -0.2) is 9.78 Å². The molecule has 1 heterocycles. The van der Waals surface area contributed by atoms with Gasteiger partial charge in [-0.1, -0.05) is 29.3 Å². The van der Waals surface area contributed by atoms with Crippen molar-refractivity contribution >= 4 is 40.8 Å². The number of pyridine rings is 1. The molecule has 6 nitrogen and oxygen atoms in total. The molecule has 1 aromatic carbocycles. The molecule has 2 aromatic rings. The summed E-state index contributed by atoms with van der Waals surface area (Å²) in [4.78, 5) is 27.6. The summed E-state index contributed by atoms with van der Waals surface area (Å²) in [5, 5.41) is 3.16. The van der Waals surface area contributed by atoms with Gasteiger partial charge in [-0.2, -0.15) is 0 Å². The zero-order chi connectivity index (χ0) is 17.5. The average molecular weight is 369 g/mol. The number of ether oxygens (including phenoxy) is 2. The van der Waals surface area contributed by atoms with Crippen LogP contribution < -0.4 is 10.1 Å². The molecular formula is C16H14Cl2N2O4. The number of nitrogens with one attached hydrogen (secondary N) is 1. The van der Waals surface area contributed by atoms with E-state index in [2.05, 4.69) is 10.3 Å². The first-order chi connectivity index (χ1) is 11.5. The van der Waals surface area contributed by atoms with Crippen molar-refractivity contribution in [1.29, 1.82) is 0 Å². The van der Waals surface area contributed by atoms with Crippen LogP contribution in [-0.2, 0) is 14.3 Å². The molecule has 24 heavy (non-hydrogen) atoms. The van der Waals surface area contributed by atoms with Crippen molar-refractivity contribution in [2.75, 3.05) is 11.9 Å². The molecule has 0 aliphatic carbocycles. The van der Waals surface area contributed by atoms with Crippen LogP contribution in [0.5, 0.6) is 5.75 Å². The van der Waals surface area contributed by atoms with Gasteiger partial charge in [-0.3, -0.25) is 4.79 Å². The van der Waals surface area contributed by atoms with Crippen molar-refractivity contribution in [3.63, 3.8) is 0 Å². The number of aromatic nitrogens is 1. The SMILES string of the molecule is C[C@@H](OC(=O)COc1cccc(Cl)c1)C(=O)Nc1cccnc1Cl. The number of nitrogens with zero attached hydrogens (tertiary/aromatic N) is 1. The van der Waals surface area contributed by atoms with E-state index in [0.717, 1.165) is 0 Å². The minimum atomic E-state index is -1.02. The van der Waals surface area contributed by atoms with Gasteiger partial charge in [-0.05, 0) is 37.3 Å². The van der Waals surface area contributed by atoms with Gasteiger partial charge in [0.1, 0.15) is 5.75 Å². The third-order valence-electron chi connectivity index (χ3n) is 2.85. The molecule has 0 saturated carbocycles. The van der Waals surface area contributed by atoms with Gasteiger partial charge in [0, 0.05) is 11.2 Å². The fraction of sp³-hybridized carbons (Fsp3) is 0.188. The molecular weight excluding hydrogens is 355 g/mol. The normalized spacial score (nSPS) is 11.5. The fourth-order valence-electron chi connectivity index (χ4n) is 1.70. The van der Waals surface area contributed by atoms with E-state index >= 15 is 0 Å². The number of halogens is 2. The maximum atomic E-state index is 12.0. The summed E-state index contributed by atoms with van der Waals surface area (Å²) in [5.74, 6) is -0.783. The average Bonchev–Trinajstić information content (AvgIpc) is 2.55. The van der Waals surface area contributed by atoms with Gasteiger partial charge in [0.25, 0.3) is 5.91 Å². The van der Waals surface area contributed by atoms with Crippen LogP contribution in [0.2, 0.25) is 10.2 Å². The summed E-state index contributed by atoms with van der Waals surface area (Å²) in [7, 11) is 0. The minimum absolute atomic E-state index is 0.147. The van der Waals surface area contributed by atoms with E-state index in [0.29, 0.717) is 16.5 Å². The van der Waals surface area contributed by atoms with Crippen molar-refractivity contribution in [2.24, 2.45) is 0 Å². The number of benzene rings is 1. The molecule has 0 radical (unpaired) electrons. The first-order valence-electron chi connectivity index (χ1n) is 6.95. The zero-order valence-corrected chi connectivity index (χ0v) is 14.2. The lowest BCUT2D eigenvalue weighted by atomic mass is 10.3. The number of carbonyl (C=O) groups is 2. The summed E-state index contributed by atoms with van der Waals surface area (Å²) in [6, 6.07) is 9.80. The Hall–Kier alpha value is -2.31. The number of anilines is 1. The molecule has 0 fully saturated rings. The zero-order valence-electron chi connectivity index (χ0n) is 12.7. The molecule has 0 aliphatic heterocycles. The summed E-state index contributed by atoms with van der Waals surface area (Å²) in [5.41, 5.74) is 0.335. The van der Waals surface area contributed by atoms with E-state index in [-0.39, 0.29) is 11.8 Å². The van der Waals surface area contributed by atoms with E-state index in [1.54, 1.807) is 36.4 Å². The Labute approximate surface area is 148 Å². The van der Waals surface area contributed by atoms with Gasteiger partial charge < -0.3 is 14.8 Å². The van der Waals surface area contributed by atoms with Crippen LogP contribution in [0.3, 0.4) is 0 Å². The van der Waals surface area contributed by atoms with Crippen molar-refractivity contribution in [3.8, 4) is 5.75 Å². The second-order valence-corrected chi connectivity index (χ2v) is 5.50. The van der Waals surface area contributed by atoms with Crippen LogP contribution in [0.25, 0.3) is 0 Å². The van der Waals surface area contributed by atoms with Gasteiger partial charge in [0.15, 0.2) is 17.9 Å². The molecule has 1 atom stereocenters. The van der Waals surface area contributed by atoms with Crippen LogP contribution in [0.4, 0.5) is 5.69 Å². The fourth-order valence-corrected chi connectivity index (χ4v) is 2.04. The molecule has 8 heteroatoms. The highest BCUT2D eigenvalue weighted by Crippen LogP contribution is 2.18. The quantitative estimate of drug-likeness (QED) is 0.624. The van der Waals surface area contributed by atoms with Crippen LogP contribution in [-0.4, -0.2) is 29.6 Å². The second kappa shape index (κ2) is 8.52. The van der Waals surface area contributed by atoms with Gasteiger partial charge in [-0.15, -0.1) is 0 Å². The molecule has 1 aromatic heterocycles. The van der Waals surface area contributed by atoms with Crippen molar-refractivity contribution in [1.82, 2.24) is 4.98 Å². The lowest BCUT2D eigenvalue weighted by Crippen LogP contribution is -2.31. The number of amides is 1. The largest absolute Gasteiger partial charge is 0.482 e. The minimum Gasteiger partial charge on any atom is -0.482 e. The topological polar surface area (TPSA) is 77.5 Å². The molecule has 1 amide bonds. The van der Waals surface area contributed by atoms with E-state index in [4.69, 9.17) is 32.7 Å². The van der Waals surface area contributed by atoms with E-state index < -0.39 is 18.0 Å². The third kappa shape index (κ3) is 5.40. The highest BCUT2D eigenvalue weighted by Gasteiger charge is 2.19. The van der Waals surface area contributed by atoms with Crippen molar-refractivity contribution in [2.45, 2.75) is 13.0 Å². The molecule has 0 spiro atoms. The van der Waals surface area contributed by atoms with Crippen molar-refractivity contribution < 1.29 is 19.1 Å². The monoisotopic (exact) mass is 368 g/mol. The molecule has 1 N–H and O–H groups in total. The molecule has 0 unspecified atom stereocenters. The number of hydrogen-bond donors (Lipinski definition) is 1. The van der Waals surface area contributed by atoms with Gasteiger partial charge >= 0.3 is 5.97 Å². The Kier molecular flexibility index (Phi) is 6.40. The Morgan fingerprint density at radius 3 is 2.75 bits per heavy atom. The van der Waals surface area contributed by atoms with E-state index in [1.165, 1.54) is 13.1 Å². The Bertz CT molecular complexity index is 740. The molecule has 126 valence electrons. The second-order valence-electron chi connectivity index (χ2n) is 4.71. The third-order valence-corrected chi connectivity index (χ3v) is 3.38. The lowest BCUT2D eigenvalue weighted by molar-refractivity contribution is -0.155. The Balaban J connectivity index is 1.82.